The molecule has 0 saturated carbocycles. The van der Waals surface area contributed by atoms with Crippen molar-refractivity contribution in [2.45, 2.75) is 44.2 Å². The zero-order valence-electron chi connectivity index (χ0n) is 21.4. The van der Waals surface area contributed by atoms with Gasteiger partial charge in [0.2, 0.25) is 0 Å². The smallest absolute Gasteiger partial charge is 0.266 e. The Kier molecular flexibility index (Phi) is 8.22. The van der Waals surface area contributed by atoms with E-state index >= 15 is 4.39 Å². The predicted octanol–water partition coefficient (Wildman–Crippen LogP) is 4.82. The van der Waals surface area contributed by atoms with Crippen LogP contribution in [0.3, 0.4) is 0 Å². The van der Waals surface area contributed by atoms with Crippen LogP contribution >= 0.6 is 0 Å². The molecule has 12 heteroatoms. The summed E-state index contributed by atoms with van der Waals surface area (Å²) in [5.74, 6) is -1.47. The number of methoxy groups -OCH3 is 1. The fourth-order valence-corrected chi connectivity index (χ4v) is 7.04. The SMILES string of the molecule is COCCN=S1(=O)CCC(F)(c2cc3c(C[C@H](C)c4cccc(C(F)F)c4F)ncnc3n(C)c2=O)CC1. The molecule has 0 spiro atoms. The van der Waals surface area contributed by atoms with E-state index in [1.165, 1.54) is 43.3 Å². The number of hydrogen-bond acceptors (Lipinski definition) is 6. The molecule has 206 valence electrons. The molecule has 4 rings (SSSR count). The molecule has 1 fully saturated rings. The highest BCUT2D eigenvalue weighted by atomic mass is 32.2. The fourth-order valence-electron chi connectivity index (χ4n) is 4.88. The van der Waals surface area contributed by atoms with Crippen molar-refractivity contribution in [3.8, 4) is 0 Å². The van der Waals surface area contributed by atoms with Crippen molar-refractivity contribution in [2.75, 3.05) is 31.8 Å². The Balaban J connectivity index is 1.71. The number of aromatic nitrogens is 3. The molecule has 0 bridgehead atoms. The quantitative estimate of drug-likeness (QED) is 0.294. The Morgan fingerprint density at radius 2 is 1.89 bits per heavy atom. The Labute approximate surface area is 218 Å². The highest BCUT2D eigenvalue weighted by molar-refractivity contribution is 7.93. The van der Waals surface area contributed by atoms with E-state index in [9.17, 15) is 22.2 Å². The van der Waals surface area contributed by atoms with Gasteiger partial charge in [-0.25, -0.2) is 36.1 Å². The fraction of sp³-hybridized carbons (Fsp3) is 0.500. The number of benzene rings is 1. The highest BCUT2D eigenvalue weighted by Gasteiger charge is 2.41. The van der Waals surface area contributed by atoms with Crippen LogP contribution in [0.4, 0.5) is 17.6 Å². The molecule has 0 N–H and O–H groups in total. The van der Waals surface area contributed by atoms with Gasteiger partial charge < -0.3 is 4.74 Å². The van der Waals surface area contributed by atoms with Crippen LogP contribution in [0.15, 0.2) is 39.8 Å². The van der Waals surface area contributed by atoms with Crippen LogP contribution in [0.5, 0.6) is 0 Å². The van der Waals surface area contributed by atoms with Crippen LogP contribution < -0.4 is 5.56 Å². The van der Waals surface area contributed by atoms with Crippen molar-refractivity contribution in [3.63, 3.8) is 0 Å². The molecule has 0 aliphatic carbocycles. The van der Waals surface area contributed by atoms with Crippen molar-refractivity contribution < 1.29 is 26.5 Å². The van der Waals surface area contributed by atoms with E-state index in [0.717, 1.165) is 6.07 Å². The third-order valence-corrected chi connectivity index (χ3v) is 9.49. The number of alkyl halides is 3. The van der Waals surface area contributed by atoms with E-state index in [-0.39, 0.29) is 54.1 Å². The topological polar surface area (TPSA) is 86.4 Å². The lowest BCUT2D eigenvalue weighted by molar-refractivity contribution is 0.146. The first-order valence-electron chi connectivity index (χ1n) is 12.3. The van der Waals surface area contributed by atoms with Crippen LogP contribution in [0.1, 0.15) is 54.5 Å². The summed E-state index contributed by atoms with van der Waals surface area (Å²) in [6.45, 7) is 2.26. The van der Waals surface area contributed by atoms with E-state index < -0.39 is 44.7 Å². The normalized spacial score (nSPS) is 22.6. The van der Waals surface area contributed by atoms with E-state index in [1.54, 1.807) is 6.92 Å². The number of rotatable bonds is 8. The number of pyridine rings is 1. The van der Waals surface area contributed by atoms with Crippen molar-refractivity contribution in [2.24, 2.45) is 11.4 Å². The van der Waals surface area contributed by atoms with Gasteiger partial charge in [0.15, 0.2) is 0 Å². The Bertz CT molecular complexity index is 1500. The van der Waals surface area contributed by atoms with Crippen molar-refractivity contribution >= 4 is 20.8 Å². The van der Waals surface area contributed by atoms with Crippen molar-refractivity contribution in [1.29, 1.82) is 0 Å². The first-order valence-corrected chi connectivity index (χ1v) is 14.1. The maximum absolute atomic E-state index is 16.3. The van der Waals surface area contributed by atoms with Gasteiger partial charge in [0.1, 0.15) is 23.5 Å². The monoisotopic (exact) mass is 554 g/mol. The lowest BCUT2D eigenvalue weighted by Crippen LogP contribution is -2.39. The Hall–Kier alpha value is -2.86. The van der Waals surface area contributed by atoms with Gasteiger partial charge in [-0.15, -0.1) is 0 Å². The largest absolute Gasteiger partial charge is 0.383 e. The third-order valence-electron chi connectivity index (χ3n) is 7.15. The summed E-state index contributed by atoms with van der Waals surface area (Å²) in [5, 5.41) is 0.412. The lowest BCUT2D eigenvalue weighted by Gasteiger charge is -2.31. The second-order valence-electron chi connectivity index (χ2n) is 9.63. The van der Waals surface area contributed by atoms with Gasteiger partial charge in [0, 0.05) is 40.8 Å². The molecular formula is C26H30F4N4O3S. The molecular weight excluding hydrogens is 524 g/mol. The zero-order valence-corrected chi connectivity index (χ0v) is 22.2. The number of nitrogens with zero attached hydrogens (tertiary/aromatic N) is 4. The van der Waals surface area contributed by atoms with E-state index in [2.05, 4.69) is 14.3 Å². The molecule has 0 unspecified atom stereocenters. The zero-order chi connectivity index (χ0) is 27.7. The maximum atomic E-state index is 16.3. The van der Waals surface area contributed by atoms with Gasteiger partial charge in [0.25, 0.3) is 12.0 Å². The minimum atomic E-state index is -2.95. The van der Waals surface area contributed by atoms with Gasteiger partial charge in [-0.1, -0.05) is 25.1 Å². The number of halogens is 4. The van der Waals surface area contributed by atoms with E-state index in [0.29, 0.717) is 17.7 Å². The number of ether oxygens (including phenoxy) is 1. The highest BCUT2D eigenvalue weighted by Crippen LogP contribution is 2.38. The summed E-state index contributed by atoms with van der Waals surface area (Å²) < 4.78 is 80.9. The summed E-state index contributed by atoms with van der Waals surface area (Å²) in [7, 11) is 0.404. The lowest BCUT2D eigenvalue weighted by atomic mass is 9.89. The van der Waals surface area contributed by atoms with Gasteiger partial charge in [-0.3, -0.25) is 9.36 Å². The average molecular weight is 555 g/mol. The molecule has 2 aromatic heterocycles. The maximum Gasteiger partial charge on any atom is 0.266 e. The van der Waals surface area contributed by atoms with Crippen LogP contribution in [0.2, 0.25) is 0 Å². The molecule has 0 radical (unpaired) electrons. The van der Waals surface area contributed by atoms with Gasteiger partial charge in [-0.05, 0) is 36.8 Å². The molecule has 38 heavy (non-hydrogen) atoms. The summed E-state index contributed by atoms with van der Waals surface area (Å²) in [4.78, 5) is 21.7. The number of aryl methyl sites for hydroxylation is 1. The van der Waals surface area contributed by atoms with Gasteiger partial charge in [0.05, 0.1) is 30.0 Å². The first-order chi connectivity index (χ1) is 18.0. The molecule has 1 aromatic carbocycles. The molecule has 3 aromatic rings. The molecule has 1 aliphatic rings. The standard InChI is InChI=1S/C26H30F4N4O3S/c1-16(17-5-4-6-18(22(17)27)23(28)29)13-21-19-14-20(25(35)34(2)24(19)32-15-31-21)26(30)7-11-38(36,12-8-26)33-9-10-37-3/h4-6,14-16,23H,7-13H2,1-3H3/t16-,26?,38?/m0/s1. The number of fused-ring (bicyclic) bond motifs is 1. The second-order valence-corrected chi connectivity index (χ2v) is 12.2. The van der Waals surface area contributed by atoms with Crippen LogP contribution in [-0.4, -0.2) is 50.5 Å². The first kappa shape index (κ1) is 28.2. The minimum Gasteiger partial charge on any atom is -0.383 e. The molecule has 3 heterocycles. The van der Waals surface area contributed by atoms with Crippen LogP contribution in [-0.2, 0) is 33.6 Å². The number of hydrogen-bond donors (Lipinski definition) is 0. The third kappa shape index (κ3) is 5.47. The summed E-state index contributed by atoms with van der Waals surface area (Å²) in [6.07, 6.45) is -1.80. The molecule has 1 saturated heterocycles. The van der Waals surface area contributed by atoms with E-state index in [1.807, 2.05) is 0 Å². The van der Waals surface area contributed by atoms with Crippen molar-refractivity contribution in [1.82, 2.24) is 14.5 Å². The summed E-state index contributed by atoms with van der Waals surface area (Å²) in [5.41, 5.74) is -2.51. The minimum absolute atomic E-state index is 0.0172. The molecule has 0 amide bonds. The van der Waals surface area contributed by atoms with Gasteiger partial charge >= 0.3 is 0 Å². The summed E-state index contributed by atoms with van der Waals surface area (Å²) >= 11 is 0. The summed E-state index contributed by atoms with van der Waals surface area (Å²) in [6, 6.07) is 5.31. The predicted molar refractivity (Wildman–Crippen MR) is 137 cm³/mol. The Morgan fingerprint density at radius 3 is 2.55 bits per heavy atom. The van der Waals surface area contributed by atoms with Crippen LogP contribution in [0, 0.1) is 5.82 Å². The molecule has 1 atom stereocenters. The molecule has 1 aliphatic heterocycles. The van der Waals surface area contributed by atoms with Gasteiger partial charge in [-0.2, -0.15) is 0 Å². The van der Waals surface area contributed by atoms with E-state index in [4.69, 9.17) is 4.74 Å². The second kappa shape index (κ2) is 11.1. The molecule has 7 nitrogen and oxygen atoms in total. The van der Waals surface area contributed by atoms with Crippen molar-refractivity contribution in [3.05, 3.63) is 69.1 Å². The average Bonchev–Trinajstić information content (AvgIpc) is 2.88. The van der Waals surface area contributed by atoms with Crippen LogP contribution in [0.25, 0.3) is 11.0 Å². The Morgan fingerprint density at radius 1 is 1.21 bits per heavy atom.